The summed E-state index contributed by atoms with van der Waals surface area (Å²) < 4.78 is 46.4. The summed E-state index contributed by atoms with van der Waals surface area (Å²) >= 11 is 5.98. The van der Waals surface area contributed by atoms with Gasteiger partial charge in [-0.15, -0.1) is 0 Å². The first-order valence-corrected chi connectivity index (χ1v) is 11.6. The average molecular weight is 486 g/mol. The molecule has 0 fully saturated rings. The van der Waals surface area contributed by atoms with E-state index in [0.717, 1.165) is 12.1 Å². The van der Waals surface area contributed by atoms with Crippen molar-refractivity contribution in [2.24, 2.45) is 0 Å². The van der Waals surface area contributed by atoms with Gasteiger partial charge in [0.1, 0.15) is 16.3 Å². The van der Waals surface area contributed by atoms with Crippen LogP contribution in [0.15, 0.2) is 47.4 Å². The van der Waals surface area contributed by atoms with Gasteiger partial charge in [-0.2, -0.15) is 0 Å². The molecule has 2 amide bonds. The Kier molecular flexibility index (Phi) is 8.45. The molecule has 0 unspecified atom stereocenters. The number of amides is 2. The first kappa shape index (κ1) is 25.4. The predicted octanol–water partition coefficient (Wildman–Crippen LogP) is 4.52. The van der Waals surface area contributed by atoms with Gasteiger partial charge in [-0.1, -0.05) is 23.7 Å². The molecule has 0 aliphatic rings. The minimum atomic E-state index is -4.24. The molecule has 11 heteroatoms. The monoisotopic (exact) mass is 485 g/mol. The largest absolute Gasteiger partial charge is 0.444 e. The minimum Gasteiger partial charge on any atom is -0.444 e. The van der Waals surface area contributed by atoms with Crippen molar-refractivity contribution in [3.05, 3.63) is 53.3 Å². The molecule has 0 heterocycles. The van der Waals surface area contributed by atoms with Crippen LogP contribution in [0.4, 0.5) is 20.6 Å². The molecule has 0 aliphatic heterocycles. The molecule has 0 aliphatic carbocycles. The van der Waals surface area contributed by atoms with Crippen LogP contribution < -0.4 is 15.4 Å². The van der Waals surface area contributed by atoms with E-state index in [4.69, 9.17) is 16.3 Å². The van der Waals surface area contributed by atoms with Gasteiger partial charge in [0, 0.05) is 18.0 Å². The second kappa shape index (κ2) is 10.6. The zero-order chi connectivity index (χ0) is 23.9. The quantitative estimate of drug-likeness (QED) is 0.475. The molecule has 2 rings (SSSR count). The molecule has 0 radical (unpaired) electrons. The first-order chi connectivity index (χ1) is 14.9. The highest BCUT2D eigenvalue weighted by atomic mass is 35.5. The number of sulfonamides is 1. The molecule has 2 aromatic carbocycles. The molecule has 8 nitrogen and oxygen atoms in total. The first-order valence-electron chi connectivity index (χ1n) is 9.71. The molecular weight excluding hydrogens is 461 g/mol. The van der Waals surface area contributed by atoms with Crippen LogP contribution in [0.3, 0.4) is 0 Å². The lowest BCUT2D eigenvalue weighted by Crippen LogP contribution is -2.33. The van der Waals surface area contributed by atoms with E-state index in [0.29, 0.717) is 6.42 Å². The zero-order valence-corrected chi connectivity index (χ0v) is 19.4. The lowest BCUT2D eigenvalue weighted by atomic mass is 10.2. The van der Waals surface area contributed by atoms with E-state index in [2.05, 4.69) is 15.4 Å². The lowest BCUT2D eigenvalue weighted by molar-refractivity contribution is -0.116. The number of anilines is 2. The molecule has 0 spiro atoms. The van der Waals surface area contributed by atoms with Crippen LogP contribution in [0.2, 0.25) is 5.02 Å². The Morgan fingerprint density at radius 2 is 1.78 bits per heavy atom. The number of hydrogen-bond acceptors (Lipinski definition) is 5. The number of alkyl carbamates (subject to hydrolysis) is 1. The van der Waals surface area contributed by atoms with E-state index < -0.39 is 38.3 Å². The summed E-state index contributed by atoms with van der Waals surface area (Å²) in [5.74, 6) is -1.33. The van der Waals surface area contributed by atoms with Crippen molar-refractivity contribution in [2.75, 3.05) is 16.6 Å². The summed E-state index contributed by atoms with van der Waals surface area (Å²) in [6.45, 7) is 5.43. The second-order valence-electron chi connectivity index (χ2n) is 7.81. The summed E-state index contributed by atoms with van der Waals surface area (Å²) in [7, 11) is -4.24. The van der Waals surface area contributed by atoms with E-state index in [-0.39, 0.29) is 29.4 Å². The molecule has 0 bridgehead atoms. The Morgan fingerprint density at radius 3 is 2.44 bits per heavy atom. The van der Waals surface area contributed by atoms with Crippen molar-refractivity contribution in [3.8, 4) is 0 Å². The third-order valence-corrected chi connectivity index (χ3v) is 5.51. The third kappa shape index (κ3) is 8.01. The normalized spacial score (nSPS) is 11.5. The van der Waals surface area contributed by atoms with E-state index in [1.807, 2.05) is 0 Å². The summed E-state index contributed by atoms with van der Waals surface area (Å²) in [5.41, 5.74) is -0.485. The Hall–Kier alpha value is -2.85. The van der Waals surface area contributed by atoms with Crippen LogP contribution >= 0.6 is 11.6 Å². The van der Waals surface area contributed by atoms with E-state index >= 15 is 0 Å². The fraction of sp³-hybridized carbons (Fsp3) is 0.333. The van der Waals surface area contributed by atoms with Crippen LogP contribution in [-0.4, -0.2) is 32.6 Å². The number of carbonyl (C=O) groups excluding carboxylic acids is 2. The van der Waals surface area contributed by atoms with Gasteiger partial charge in [-0.25, -0.2) is 17.6 Å². The molecule has 3 N–H and O–H groups in total. The number of halogens is 2. The van der Waals surface area contributed by atoms with Gasteiger partial charge in [-0.05, 0) is 57.5 Å². The molecule has 2 aromatic rings. The Labute approximate surface area is 191 Å². The maximum atomic E-state index is 13.9. The van der Waals surface area contributed by atoms with Gasteiger partial charge in [0.15, 0.2) is 0 Å². The summed E-state index contributed by atoms with van der Waals surface area (Å²) in [4.78, 5) is 23.4. The highest BCUT2D eigenvalue weighted by Crippen LogP contribution is 2.29. The molecule has 0 aromatic heterocycles. The summed E-state index contributed by atoms with van der Waals surface area (Å²) in [6.07, 6.45) is -0.221. The standard InChI is InChI=1S/C21H25ClFN3O5S/c1-21(2,3)31-20(28)24-12-6-9-19(27)25-17-13-14(22)10-11-16(17)26-32(29,30)18-8-5-4-7-15(18)23/h4-5,7-8,10-11,13,26H,6,9,12H2,1-3H3,(H,24,28)(H,25,27). The van der Waals surface area contributed by atoms with Crippen LogP contribution in [0.1, 0.15) is 33.6 Å². The highest BCUT2D eigenvalue weighted by Gasteiger charge is 2.21. The third-order valence-electron chi connectivity index (χ3n) is 3.88. The van der Waals surface area contributed by atoms with Crippen molar-refractivity contribution in [2.45, 2.75) is 44.1 Å². The molecule has 174 valence electrons. The average Bonchev–Trinajstić information content (AvgIpc) is 2.66. The van der Waals surface area contributed by atoms with Gasteiger partial charge < -0.3 is 15.4 Å². The molecular formula is C21H25ClFN3O5S. The number of rotatable bonds is 8. The Bertz CT molecular complexity index is 1090. The van der Waals surface area contributed by atoms with Crippen molar-refractivity contribution in [3.63, 3.8) is 0 Å². The van der Waals surface area contributed by atoms with E-state index in [9.17, 15) is 22.4 Å². The maximum Gasteiger partial charge on any atom is 0.407 e. The topological polar surface area (TPSA) is 114 Å². The Morgan fingerprint density at radius 1 is 1.09 bits per heavy atom. The molecule has 0 saturated heterocycles. The van der Waals surface area contributed by atoms with E-state index in [1.54, 1.807) is 20.8 Å². The highest BCUT2D eigenvalue weighted by molar-refractivity contribution is 7.92. The summed E-state index contributed by atoms with van der Waals surface area (Å²) in [6, 6.07) is 9.10. The fourth-order valence-corrected chi connectivity index (χ4v) is 3.87. The maximum absolute atomic E-state index is 13.9. The number of nitrogens with one attached hydrogen (secondary N) is 3. The van der Waals surface area contributed by atoms with Gasteiger partial charge >= 0.3 is 6.09 Å². The SMILES string of the molecule is CC(C)(C)OC(=O)NCCCC(=O)Nc1cc(Cl)ccc1NS(=O)(=O)c1ccccc1F. The molecule has 0 saturated carbocycles. The number of hydrogen-bond donors (Lipinski definition) is 3. The van der Waals surface area contributed by atoms with Gasteiger partial charge in [0.25, 0.3) is 10.0 Å². The van der Waals surface area contributed by atoms with Crippen LogP contribution in [-0.2, 0) is 19.6 Å². The zero-order valence-electron chi connectivity index (χ0n) is 17.9. The molecule has 32 heavy (non-hydrogen) atoms. The number of benzene rings is 2. The second-order valence-corrected chi connectivity index (χ2v) is 9.89. The number of carbonyl (C=O) groups is 2. The van der Waals surface area contributed by atoms with Gasteiger partial charge in [-0.3, -0.25) is 9.52 Å². The smallest absolute Gasteiger partial charge is 0.407 e. The predicted molar refractivity (Wildman–Crippen MR) is 121 cm³/mol. The van der Waals surface area contributed by atoms with Crippen molar-refractivity contribution in [1.29, 1.82) is 0 Å². The minimum absolute atomic E-state index is 0.0258. The summed E-state index contributed by atoms with van der Waals surface area (Å²) in [5, 5.41) is 5.39. The van der Waals surface area contributed by atoms with Crippen LogP contribution in [0.5, 0.6) is 0 Å². The Balaban J connectivity index is 2.00. The van der Waals surface area contributed by atoms with Gasteiger partial charge in [0.2, 0.25) is 5.91 Å². The van der Waals surface area contributed by atoms with Crippen molar-refractivity contribution < 1.29 is 27.1 Å². The van der Waals surface area contributed by atoms with Crippen molar-refractivity contribution >= 4 is 45.0 Å². The van der Waals surface area contributed by atoms with Crippen LogP contribution in [0.25, 0.3) is 0 Å². The van der Waals surface area contributed by atoms with E-state index in [1.165, 1.54) is 30.3 Å². The molecule has 0 atom stereocenters. The van der Waals surface area contributed by atoms with Gasteiger partial charge in [0.05, 0.1) is 11.4 Å². The van der Waals surface area contributed by atoms with Crippen molar-refractivity contribution in [1.82, 2.24) is 5.32 Å². The lowest BCUT2D eigenvalue weighted by Gasteiger charge is -2.19. The fourth-order valence-electron chi connectivity index (χ4n) is 2.54. The van der Waals surface area contributed by atoms with Crippen LogP contribution in [0, 0.1) is 5.82 Å². The number of ether oxygens (including phenoxy) is 1.